The monoisotopic (exact) mass is 577 g/mol. The van der Waals surface area contributed by atoms with Crippen LogP contribution in [0.2, 0.25) is 0 Å². The fourth-order valence-corrected chi connectivity index (χ4v) is 5.19. The molecule has 9 nitrogen and oxygen atoms in total. The van der Waals surface area contributed by atoms with Gasteiger partial charge in [0.15, 0.2) is 0 Å². The number of amides is 3. The first-order valence-electron chi connectivity index (χ1n) is 14.4. The molecule has 0 fully saturated rings. The Hall–Kier alpha value is -4.14. The quantitative estimate of drug-likeness (QED) is 0.275. The normalized spacial score (nSPS) is 13.5. The summed E-state index contributed by atoms with van der Waals surface area (Å²) in [6.07, 6.45) is 1.22. The molecule has 0 bridgehead atoms. The van der Waals surface area contributed by atoms with E-state index in [2.05, 4.69) is 24.0 Å². The van der Waals surface area contributed by atoms with Crippen LogP contribution < -0.4 is 5.32 Å². The fourth-order valence-electron chi connectivity index (χ4n) is 5.19. The second-order valence-corrected chi connectivity index (χ2v) is 11.5. The number of carbonyl (C=O) groups excluding carboxylic acids is 4. The number of benzene rings is 2. The highest BCUT2D eigenvalue weighted by Gasteiger charge is 2.34. The first-order chi connectivity index (χ1) is 20.0. The summed E-state index contributed by atoms with van der Waals surface area (Å²) in [5.74, 6) is -1.71. The molecule has 3 rings (SSSR count). The predicted molar refractivity (Wildman–Crippen MR) is 162 cm³/mol. The van der Waals surface area contributed by atoms with E-state index >= 15 is 0 Å². The Morgan fingerprint density at radius 1 is 0.929 bits per heavy atom. The van der Waals surface area contributed by atoms with Crippen molar-refractivity contribution in [3.8, 4) is 11.1 Å². The maximum absolute atomic E-state index is 13.5. The smallest absolute Gasteiger partial charge is 0.410 e. The molecule has 2 atom stereocenters. The van der Waals surface area contributed by atoms with E-state index in [0.717, 1.165) is 22.3 Å². The molecular weight excluding hydrogens is 534 g/mol. The summed E-state index contributed by atoms with van der Waals surface area (Å²) in [5, 5.41) is 2.66. The lowest BCUT2D eigenvalue weighted by Gasteiger charge is -2.31. The predicted octanol–water partition coefficient (Wildman–Crippen LogP) is 4.61. The minimum Gasteiger partial charge on any atom is -0.460 e. The van der Waals surface area contributed by atoms with Gasteiger partial charge in [-0.15, -0.1) is 0 Å². The third-order valence-electron chi connectivity index (χ3n) is 7.41. The van der Waals surface area contributed by atoms with E-state index in [1.807, 2.05) is 50.2 Å². The summed E-state index contributed by atoms with van der Waals surface area (Å²) in [7, 11) is 3.04. The molecule has 0 saturated carbocycles. The molecule has 1 N–H and O–H groups in total. The third kappa shape index (κ3) is 7.78. The molecule has 226 valence electrons. The van der Waals surface area contributed by atoms with Crippen molar-refractivity contribution in [3.05, 3.63) is 72.3 Å². The third-order valence-corrected chi connectivity index (χ3v) is 7.41. The highest BCUT2D eigenvalue weighted by Crippen LogP contribution is 2.44. The lowest BCUT2D eigenvalue weighted by atomic mass is 9.98. The van der Waals surface area contributed by atoms with Crippen molar-refractivity contribution in [3.63, 3.8) is 0 Å². The van der Waals surface area contributed by atoms with E-state index in [-0.39, 0.29) is 37.5 Å². The highest BCUT2D eigenvalue weighted by molar-refractivity contribution is 5.91. The largest absolute Gasteiger partial charge is 0.460 e. The van der Waals surface area contributed by atoms with Crippen molar-refractivity contribution in [2.75, 3.05) is 33.9 Å². The number of nitrogens with zero attached hydrogens (tertiary/aromatic N) is 2. The maximum atomic E-state index is 13.5. The molecule has 0 radical (unpaired) electrons. The lowest BCUT2D eigenvalue weighted by molar-refractivity contribution is -0.148. The van der Waals surface area contributed by atoms with Gasteiger partial charge in [0.1, 0.15) is 25.3 Å². The second kappa shape index (κ2) is 14.7. The lowest BCUT2D eigenvalue weighted by Crippen LogP contribution is -2.53. The second-order valence-electron chi connectivity index (χ2n) is 11.5. The Bertz CT molecular complexity index is 1240. The van der Waals surface area contributed by atoms with Crippen LogP contribution in [-0.4, -0.2) is 79.6 Å². The van der Waals surface area contributed by atoms with Gasteiger partial charge in [-0.05, 0) is 40.5 Å². The molecule has 1 aliphatic carbocycles. The molecular formula is C33H43N3O6. The van der Waals surface area contributed by atoms with Crippen molar-refractivity contribution in [2.24, 2.45) is 11.8 Å². The zero-order valence-electron chi connectivity index (χ0n) is 25.5. The van der Waals surface area contributed by atoms with Crippen LogP contribution in [0.3, 0.4) is 0 Å². The minimum absolute atomic E-state index is 0.0371. The van der Waals surface area contributed by atoms with Crippen molar-refractivity contribution in [1.29, 1.82) is 0 Å². The van der Waals surface area contributed by atoms with Gasteiger partial charge < -0.3 is 19.7 Å². The average molecular weight is 578 g/mol. The zero-order valence-corrected chi connectivity index (χ0v) is 25.5. The zero-order chi connectivity index (χ0) is 31.0. The average Bonchev–Trinajstić information content (AvgIpc) is 3.28. The number of hydrogen-bond donors (Lipinski definition) is 1. The van der Waals surface area contributed by atoms with Gasteiger partial charge >= 0.3 is 12.1 Å². The Labute approximate surface area is 248 Å². The molecule has 0 saturated heterocycles. The number of carbonyl (C=O) groups is 4. The number of esters is 1. The van der Waals surface area contributed by atoms with Crippen molar-refractivity contribution >= 4 is 23.9 Å². The summed E-state index contributed by atoms with van der Waals surface area (Å²) in [4.78, 5) is 54.6. The summed E-state index contributed by atoms with van der Waals surface area (Å²) in [6, 6.07) is 14.5. The first-order valence-corrected chi connectivity index (χ1v) is 14.4. The van der Waals surface area contributed by atoms with Crippen LogP contribution in [-0.2, 0) is 23.9 Å². The van der Waals surface area contributed by atoms with Crippen LogP contribution in [0.25, 0.3) is 11.1 Å². The number of fused-ring (bicyclic) bond motifs is 3. The number of likely N-dealkylation sites (N-methyl/N-ethyl adjacent to an activating group) is 2. The Kier molecular flexibility index (Phi) is 11.3. The molecule has 2 aromatic rings. The van der Waals surface area contributed by atoms with Gasteiger partial charge in [0.25, 0.3) is 0 Å². The van der Waals surface area contributed by atoms with Gasteiger partial charge in [-0.25, -0.2) is 9.59 Å². The van der Waals surface area contributed by atoms with Gasteiger partial charge in [-0.1, -0.05) is 88.9 Å². The topological polar surface area (TPSA) is 105 Å². The van der Waals surface area contributed by atoms with Crippen LogP contribution in [0, 0.1) is 11.8 Å². The van der Waals surface area contributed by atoms with Gasteiger partial charge in [-0.2, -0.15) is 0 Å². The molecule has 0 heterocycles. The van der Waals surface area contributed by atoms with Crippen molar-refractivity contribution in [1.82, 2.24) is 15.1 Å². The molecule has 42 heavy (non-hydrogen) atoms. The minimum atomic E-state index is -0.865. The van der Waals surface area contributed by atoms with Crippen LogP contribution in [0.4, 0.5) is 4.79 Å². The van der Waals surface area contributed by atoms with Crippen LogP contribution in [0.15, 0.2) is 61.2 Å². The summed E-state index contributed by atoms with van der Waals surface area (Å²) in [6.45, 7) is 10.9. The molecule has 3 amide bonds. The van der Waals surface area contributed by atoms with E-state index in [0.29, 0.717) is 6.42 Å². The van der Waals surface area contributed by atoms with Crippen LogP contribution in [0.5, 0.6) is 0 Å². The summed E-state index contributed by atoms with van der Waals surface area (Å²) in [5.41, 5.74) is 4.46. The number of hydrogen-bond acceptors (Lipinski definition) is 6. The van der Waals surface area contributed by atoms with Crippen LogP contribution in [0.1, 0.15) is 51.2 Å². The van der Waals surface area contributed by atoms with E-state index in [1.54, 1.807) is 20.9 Å². The molecule has 9 heteroatoms. The van der Waals surface area contributed by atoms with Crippen molar-refractivity contribution in [2.45, 2.75) is 52.1 Å². The van der Waals surface area contributed by atoms with Gasteiger partial charge in [0, 0.05) is 20.0 Å². The van der Waals surface area contributed by atoms with Crippen molar-refractivity contribution < 1.29 is 28.7 Å². The van der Waals surface area contributed by atoms with Gasteiger partial charge in [0.2, 0.25) is 11.8 Å². The molecule has 1 aliphatic rings. The van der Waals surface area contributed by atoms with Gasteiger partial charge in [0.05, 0.1) is 6.54 Å². The number of nitrogens with one attached hydrogen (secondary N) is 1. The Morgan fingerprint density at radius 3 is 2.02 bits per heavy atom. The Balaban J connectivity index is 1.66. The van der Waals surface area contributed by atoms with E-state index in [4.69, 9.17) is 9.47 Å². The molecule has 0 aromatic heterocycles. The summed E-state index contributed by atoms with van der Waals surface area (Å²) >= 11 is 0. The van der Waals surface area contributed by atoms with Crippen LogP contribution >= 0.6 is 0 Å². The number of ether oxygens (including phenoxy) is 2. The van der Waals surface area contributed by atoms with E-state index in [9.17, 15) is 19.2 Å². The molecule has 2 aromatic carbocycles. The number of rotatable bonds is 13. The summed E-state index contributed by atoms with van der Waals surface area (Å²) < 4.78 is 10.9. The van der Waals surface area contributed by atoms with E-state index in [1.165, 1.54) is 22.9 Å². The molecule has 0 unspecified atom stereocenters. The maximum Gasteiger partial charge on any atom is 0.410 e. The standard InChI is InChI=1S/C33H43N3O6/c1-8-17-41-32(39)30(22(4)5)34-29(37)19-35(6)31(38)28(18-21(2)3)36(7)33(40)42-20-27-25-15-11-9-13-23(25)24-14-10-12-16-26(24)27/h8-16,21-22,27-28,30H,1,17-20H2,2-7H3,(H,34,37)/t28-,30+/m1/s1. The molecule has 0 aliphatic heterocycles. The first kappa shape index (κ1) is 32.4. The molecule has 0 spiro atoms. The van der Waals surface area contributed by atoms with Gasteiger partial charge in [-0.3, -0.25) is 14.5 Å². The SMILES string of the molecule is C=CCOC(=O)[C@@H](NC(=O)CN(C)C(=O)[C@@H](CC(C)C)N(C)C(=O)OCC1c2ccccc2-c2ccccc21)C(C)C. The fraction of sp³-hybridized carbons (Fsp3) is 0.455. The highest BCUT2D eigenvalue weighted by atomic mass is 16.6. The Morgan fingerprint density at radius 2 is 1.50 bits per heavy atom. The van der Waals surface area contributed by atoms with E-state index < -0.39 is 36.0 Å².